The molecule has 2 N–H and O–H groups in total. The third-order valence-corrected chi connectivity index (χ3v) is 5.08. The van der Waals surface area contributed by atoms with Crippen molar-refractivity contribution >= 4 is 0 Å². The van der Waals surface area contributed by atoms with Crippen molar-refractivity contribution in [3.63, 3.8) is 0 Å². The minimum atomic E-state index is 0.346. The number of aryl methyl sites for hydroxylation is 1. The summed E-state index contributed by atoms with van der Waals surface area (Å²) >= 11 is 0. The number of benzene rings is 1. The van der Waals surface area contributed by atoms with E-state index in [9.17, 15) is 0 Å². The topological polar surface area (TPSA) is 26.0 Å². The molecule has 1 heteroatoms. The molecule has 1 nitrogen and oxygen atoms in total. The second-order valence-corrected chi connectivity index (χ2v) is 6.51. The summed E-state index contributed by atoms with van der Waals surface area (Å²) in [4.78, 5) is 0. The van der Waals surface area contributed by atoms with Crippen LogP contribution in [0.5, 0.6) is 0 Å². The van der Waals surface area contributed by atoms with Crippen molar-refractivity contribution in [1.82, 2.24) is 0 Å². The molecule has 0 saturated heterocycles. The third kappa shape index (κ3) is 3.85. The van der Waals surface area contributed by atoms with Crippen molar-refractivity contribution in [3.8, 4) is 0 Å². The predicted octanol–water partition coefficient (Wildman–Crippen LogP) is 5.04. The first-order valence-electron chi connectivity index (χ1n) is 8.59. The fraction of sp³-hybridized carbons (Fsp3) is 0.684. The smallest absolute Gasteiger partial charge is 0.0111 e. The van der Waals surface area contributed by atoms with Crippen LogP contribution in [0, 0.1) is 5.92 Å². The van der Waals surface area contributed by atoms with Crippen LogP contribution in [0.1, 0.15) is 75.8 Å². The summed E-state index contributed by atoms with van der Waals surface area (Å²) in [7, 11) is 0. The number of hydrogen-bond donors (Lipinski definition) is 1. The van der Waals surface area contributed by atoms with Crippen LogP contribution in [0.15, 0.2) is 24.3 Å². The quantitative estimate of drug-likeness (QED) is 0.740. The zero-order chi connectivity index (χ0) is 14.4. The van der Waals surface area contributed by atoms with Gasteiger partial charge in [-0.05, 0) is 48.6 Å². The minimum absolute atomic E-state index is 0.346. The van der Waals surface area contributed by atoms with Gasteiger partial charge in [-0.1, -0.05) is 63.8 Å². The average Bonchev–Trinajstić information content (AvgIpc) is 2.50. The van der Waals surface area contributed by atoms with E-state index in [2.05, 4.69) is 38.1 Å². The number of rotatable bonds is 7. The van der Waals surface area contributed by atoms with Crippen LogP contribution in [0.3, 0.4) is 0 Å². The first kappa shape index (κ1) is 15.6. The Morgan fingerprint density at radius 3 is 2.80 bits per heavy atom. The highest BCUT2D eigenvalue weighted by Crippen LogP contribution is 2.35. The van der Waals surface area contributed by atoms with Gasteiger partial charge in [-0.25, -0.2) is 0 Å². The summed E-state index contributed by atoms with van der Waals surface area (Å²) in [6.45, 7) is 4.60. The van der Waals surface area contributed by atoms with Gasteiger partial charge in [0, 0.05) is 6.04 Å². The van der Waals surface area contributed by atoms with Crippen LogP contribution in [-0.2, 0) is 6.42 Å². The van der Waals surface area contributed by atoms with Crippen molar-refractivity contribution in [2.24, 2.45) is 11.7 Å². The van der Waals surface area contributed by atoms with Crippen molar-refractivity contribution in [1.29, 1.82) is 0 Å². The number of hydrogen-bond acceptors (Lipinski definition) is 1. The second-order valence-electron chi connectivity index (χ2n) is 6.51. The summed E-state index contributed by atoms with van der Waals surface area (Å²) < 4.78 is 0. The molecule has 1 aliphatic carbocycles. The Hall–Kier alpha value is -0.820. The van der Waals surface area contributed by atoms with E-state index < -0.39 is 0 Å². The van der Waals surface area contributed by atoms with Gasteiger partial charge in [0.15, 0.2) is 0 Å². The molecular weight excluding hydrogens is 242 g/mol. The highest BCUT2D eigenvalue weighted by atomic mass is 14.7. The number of fused-ring (bicyclic) bond motifs is 1. The fourth-order valence-electron chi connectivity index (χ4n) is 3.77. The largest absolute Gasteiger partial charge is 0.327 e. The molecule has 20 heavy (non-hydrogen) atoms. The second kappa shape index (κ2) is 7.83. The first-order chi connectivity index (χ1) is 9.76. The lowest BCUT2D eigenvalue weighted by molar-refractivity contribution is 0.341. The van der Waals surface area contributed by atoms with E-state index in [1.807, 2.05) is 0 Å². The van der Waals surface area contributed by atoms with Crippen molar-refractivity contribution in [3.05, 3.63) is 35.4 Å². The van der Waals surface area contributed by atoms with E-state index >= 15 is 0 Å². The molecule has 0 bridgehead atoms. The molecule has 112 valence electrons. The molecule has 1 aromatic rings. The molecule has 0 radical (unpaired) electrons. The summed E-state index contributed by atoms with van der Waals surface area (Å²) in [6.07, 6.45) is 10.3. The Kier molecular flexibility index (Phi) is 6.09. The Morgan fingerprint density at radius 2 is 2.05 bits per heavy atom. The lowest BCUT2D eigenvalue weighted by Crippen LogP contribution is -2.33. The molecule has 0 saturated carbocycles. The van der Waals surface area contributed by atoms with Gasteiger partial charge in [-0.15, -0.1) is 0 Å². The first-order valence-corrected chi connectivity index (χ1v) is 8.59. The highest BCUT2D eigenvalue weighted by molar-refractivity contribution is 5.33. The molecule has 0 aliphatic heterocycles. The van der Waals surface area contributed by atoms with E-state index in [4.69, 9.17) is 5.73 Å². The Labute approximate surface area is 125 Å². The lowest BCUT2D eigenvalue weighted by atomic mass is 9.76. The molecule has 2 rings (SSSR count). The van der Waals surface area contributed by atoms with Crippen LogP contribution >= 0.6 is 0 Å². The van der Waals surface area contributed by atoms with Gasteiger partial charge in [0.2, 0.25) is 0 Å². The molecule has 0 amide bonds. The Bertz CT molecular complexity index is 399. The van der Waals surface area contributed by atoms with Crippen LogP contribution in [0.4, 0.5) is 0 Å². The Morgan fingerprint density at radius 1 is 1.25 bits per heavy atom. The lowest BCUT2D eigenvalue weighted by Gasteiger charge is -2.32. The summed E-state index contributed by atoms with van der Waals surface area (Å²) in [5.74, 6) is 1.41. The molecule has 0 spiro atoms. The monoisotopic (exact) mass is 273 g/mol. The van der Waals surface area contributed by atoms with Gasteiger partial charge in [0.05, 0.1) is 0 Å². The maximum atomic E-state index is 6.61. The molecule has 3 atom stereocenters. The predicted molar refractivity (Wildman–Crippen MR) is 88.0 cm³/mol. The van der Waals surface area contributed by atoms with Crippen LogP contribution < -0.4 is 5.73 Å². The molecule has 0 heterocycles. The van der Waals surface area contributed by atoms with Gasteiger partial charge in [0.1, 0.15) is 0 Å². The van der Waals surface area contributed by atoms with Gasteiger partial charge in [0.25, 0.3) is 0 Å². The van der Waals surface area contributed by atoms with E-state index in [1.165, 1.54) is 56.9 Å². The van der Waals surface area contributed by atoms with E-state index in [0.29, 0.717) is 12.0 Å². The van der Waals surface area contributed by atoms with Gasteiger partial charge >= 0.3 is 0 Å². The molecule has 3 unspecified atom stereocenters. The highest BCUT2D eigenvalue weighted by Gasteiger charge is 2.26. The van der Waals surface area contributed by atoms with Crippen molar-refractivity contribution in [2.75, 3.05) is 0 Å². The zero-order valence-electron chi connectivity index (χ0n) is 13.3. The maximum Gasteiger partial charge on any atom is 0.0111 e. The van der Waals surface area contributed by atoms with Crippen LogP contribution in [0.25, 0.3) is 0 Å². The van der Waals surface area contributed by atoms with Crippen molar-refractivity contribution in [2.45, 2.75) is 77.2 Å². The average molecular weight is 273 g/mol. The SMILES string of the molecule is CCCCC(CC)CC(N)C1CCCc2ccccc21. The maximum absolute atomic E-state index is 6.61. The molecule has 1 aromatic carbocycles. The minimum Gasteiger partial charge on any atom is -0.327 e. The molecule has 1 aliphatic rings. The van der Waals surface area contributed by atoms with Crippen LogP contribution in [-0.4, -0.2) is 6.04 Å². The van der Waals surface area contributed by atoms with E-state index in [-0.39, 0.29) is 0 Å². The molecule has 0 fully saturated rings. The van der Waals surface area contributed by atoms with Gasteiger partial charge in [-0.3, -0.25) is 0 Å². The summed E-state index contributed by atoms with van der Waals surface area (Å²) in [5.41, 5.74) is 9.69. The third-order valence-electron chi connectivity index (χ3n) is 5.08. The number of nitrogens with two attached hydrogens (primary N) is 1. The van der Waals surface area contributed by atoms with E-state index in [0.717, 1.165) is 5.92 Å². The Balaban J connectivity index is 2.00. The summed E-state index contributed by atoms with van der Waals surface area (Å²) in [5, 5.41) is 0. The number of unbranched alkanes of at least 4 members (excludes halogenated alkanes) is 1. The standard InChI is InChI=1S/C19H31N/c1-3-5-9-15(4-2)14-19(20)18-13-8-11-16-10-6-7-12-17(16)18/h6-7,10,12,15,18-19H,3-5,8-9,11,13-14,20H2,1-2H3. The molecule has 0 aromatic heterocycles. The zero-order valence-corrected chi connectivity index (χ0v) is 13.3. The molecular formula is C19H31N. The van der Waals surface area contributed by atoms with Gasteiger partial charge in [-0.2, -0.15) is 0 Å². The van der Waals surface area contributed by atoms with Crippen molar-refractivity contribution < 1.29 is 0 Å². The summed E-state index contributed by atoms with van der Waals surface area (Å²) in [6, 6.07) is 9.30. The van der Waals surface area contributed by atoms with Crippen LogP contribution in [0.2, 0.25) is 0 Å². The van der Waals surface area contributed by atoms with E-state index in [1.54, 1.807) is 5.56 Å². The fourth-order valence-corrected chi connectivity index (χ4v) is 3.77. The normalized spacial score (nSPS) is 21.2. The van der Waals surface area contributed by atoms with Gasteiger partial charge < -0.3 is 5.73 Å².